The lowest BCUT2D eigenvalue weighted by molar-refractivity contribution is 0.286. The van der Waals surface area contributed by atoms with Crippen molar-refractivity contribution in [2.45, 2.75) is 49.5 Å². The van der Waals surface area contributed by atoms with Gasteiger partial charge >= 0.3 is 0 Å². The van der Waals surface area contributed by atoms with Crippen LogP contribution in [-0.4, -0.2) is 32.4 Å². The predicted molar refractivity (Wildman–Crippen MR) is 77.5 cm³/mol. The van der Waals surface area contributed by atoms with Crippen LogP contribution in [-0.2, 0) is 16.4 Å². The van der Waals surface area contributed by atoms with Crippen LogP contribution in [0.2, 0.25) is 0 Å². The normalized spacial score (nSPS) is 19.9. The van der Waals surface area contributed by atoms with Crippen molar-refractivity contribution in [3.05, 3.63) is 23.8 Å². The van der Waals surface area contributed by atoms with E-state index in [0.717, 1.165) is 43.4 Å². The molecule has 1 saturated carbocycles. The molecule has 0 amide bonds. The molecule has 1 heterocycles. The molecule has 110 valence electrons. The molecular weight excluding hydrogens is 274 g/mol. The second kappa shape index (κ2) is 5.37. The van der Waals surface area contributed by atoms with Gasteiger partial charge in [-0.15, -0.1) is 0 Å². The largest absolute Gasteiger partial charge is 0.493 e. The Labute approximate surface area is 120 Å². The molecule has 1 fully saturated rings. The third-order valence-corrected chi connectivity index (χ3v) is 6.33. The van der Waals surface area contributed by atoms with Gasteiger partial charge in [-0.1, -0.05) is 19.3 Å². The van der Waals surface area contributed by atoms with Gasteiger partial charge in [0.25, 0.3) is 0 Å². The molecule has 1 aromatic carbocycles. The first-order valence-electron chi connectivity index (χ1n) is 7.33. The van der Waals surface area contributed by atoms with E-state index in [1.807, 2.05) is 0 Å². The number of hydrogen-bond donors (Lipinski definition) is 0. The highest BCUT2D eigenvalue weighted by molar-refractivity contribution is 7.89. The van der Waals surface area contributed by atoms with Crippen molar-refractivity contribution < 1.29 is 13.2 Å². The van der Waals surface area contributed by atoms with Crippen molar-refractivity contribution in [3.8, 4) is 5.75 Å². The van der Waals surface area contributed by atoms with Crippen LogP contribution in [0.1, 0.15) is 37.7 Å². The Kier molecular flexibility index (Phi) is 3.73. The second-order valence-electron chi connectivity index (χ2n) is 5.68. The molecule has 0 radical (unpaired) electrons. The Morgan fingerprint density at radius 3 is 2.70 bits per heavy atom. The predicted octanol–water partition coefficient (Wildman–Crippen LogP) is 2.57. The van der Waals surface area contributed by atoms with Gasteiger partial charge in [-0.05, 0) is 36.6 Å². The van der Waals surface area contributed by atoms with Gasteiger partial charge in [0, 0.05) is 19.5 Å². The highest BCUT2D eigenvalue weighted by Crippen LogP contribution is 2.31. The molecule has 5 heteroatoms. The Morgan fingerprint density at radius 2 is 1.95 bits per heavy atom. The molecule has 1 aliphatic heterocycles. The van der Waals surface area contributed by atoms with Crippen LogP contribution in [0.4, 0.5) is 0 Å². The van der Waals surface area contributed by atoms with Crippen LogP contribution >= 0.6 is 0 Å². The topological polar surface area (TPSA) is 46.6 Å². The monoisotopic (exact) mass is 295 g/mol. The van der Waals surface area contributed by atoms with Crippen molar-refractivity contribution in [2.75, 3.05) is 13.7 Å². The number of hydrogen-bond acceptors (Lipinski definition) is 3. The van der Waals surface area contributed by atoms with E-state index in [1.165, 1.54) is 6.42 Å². The Bertz CT molecular complexity index is 591. The van der Waals surface area contributed by atoms with Crippen LogP contribution in [0.15, 0.2) is 23.1 Å². The zero-order chi connectivity index (χ0) is 14.2. The molecule has 4 nitrogen and oxygen atoms in total. The maximum Gasteiger partial charge on any atom is 0.243 e. The van der Waals surface area contributed by atoms with Crippen LogP contribution in [0, 0.1) is 0 Å². The molecule has 3 rings (SSSR count). The fourth-order valence-electron chi connectivity index (χ4n) is 3.13. The summed E-state index contributed by atoms with van der Waals surface area (Å²) in [7, 11) is -1.67. The summed E-state index contributed by atoms with van der Waals surface area (Å²) in [5, 5.41) is 0. The van der Waals surface area contributed by atoms with Gasteiger partial charge in [-0.3, -0.25) is 0 Å². The summed E-state index contributed by atoms with van der Waals surface area (Å²) in [6.07, 6.45) is 6.23. The minimum absolute atomic E-state index is 0.151. The van der Waals surface area contributed by atoms with Crippen molar-refractivity contribution in [2.24, 2.45) is 0 Å². The highest BCUT2D eigenvalue weighted by Gasteiger charge is 2.29. The van der Waals surface area contributed by atoms with E-state index >= 15 is 0 Å². The summed E-state index contributed by atoms with van der Waals surface area (Å²) in [5.41, 5.74) is 1.00. The van der Waals surface area contributed by atoms with Gasteiger partial charge in [0.05, 0.1) is 11.5 Å². The minimum Gasteiger partial charge on any atom is -0.493 e. The minimum atomic E-state index is -3.38. The summed E-state index contributed by atoms with van der Waals surface area (Å²) in [6, 6.07) is 5.37. The smallest absolute Gasteiger partial charge is 0.243 e. The molecule has 0 bridgehead atoms. The van der Waals surface area contributed by atoms with E-state index < -0.39 is 10.0 Å². The number of ether oxygens (including phenoxy) is 1. The van der Waals surface area contributed by atoms with Gasteiger partial charge in [-0.2, -0.15) is 4.31 Å². The number of nitrogens with zero attached hydrogens (tertiary/aromatic N) is 1. The highest BCUT2D eigenvalue weighted by atomic mass is 32.2. The molecule has 20 heavy (non-hydrogen) atoms. The number of benzene rings is 1. The fraction of sp³-hybridized carbons (Fsp3) is 0.600. The van der Waals surface area contributed by atoms with Crippen LogP contribution in [0.5, 0.6) is 5.75 Å². The van der Waals surface area contributed by atoms with Crippen molar-refractivity contribution in [3.63, 3.8) is 0 Å². The second-order valence-corrected chi connectivity index (χ2v) is 7.68. The number of fused-ring (bicyclic) bond motifs is 1. The van der Waals surface area contributed by atoms with Crippen LogP contribution < -0.4 is 4.74 Å². The van der Waals surface area contributed by atoms with Gasteiger partial charge < -0.3 is 4.74 Å². The van der Waals surface area contributed by atoms with Crippen molar-refractivity contribution in [1.29, 1.82) is 0 Å². The van der Waals surface area contributed by atoms with Gasteiger partial charge in [0.1, 0.15) is 5.75 Å². The van der Waals surface area contributed by atoms with E-state index in [4.69, 9.17) is 4.74 Å². The first kappa shape index (κ1) is 13.9. The Hall–Kier alpha value is -1.07. The fourth-order valence-corrected chi connectivity index (χ4v) is 4.60. The van der Waals surface area contributed by atoms with Gasteiger partial charge in [0.2, 0.25) is 10.0 Å². The summed E-state index contributed by atoms with van der Waals surface area (Å²) < 4.78 is 32.4. The van der Waals surface area contributed by atoms with E-state index in [2.05, 4.69) is 0 Å². The van der Waals surface area contributed by atoms with Gasteiger partial charge in [-0.25, -0.2) is 8.42 Å². The van der Waals surface area contributed by atoms with Crippen molar-refractivity contribution >= 4 is 10.0 Å². The molecule has 1 aliphatic carbocycles. The quantitative estimate of drug-likeness (QED) is 0.861. The molecule has 0 spiro atoms. The third kappa shape index (κ3) is 2.44. The van der Waals surface area contributed by atoms with Crippen molar-refractivity contribution in [1.82, 2.24) is 4.31 Å². The number of sulfonamides is 1. The molecule has 2 aliphatic rings. The Balaban J connectivity index is 1.87. The lowest BCUT2D eigenvalue weighted by Gasteiger charge is -2.30. The molecular formula is C15H21NO3S. The molecule has 0 aromatic heterocycles. The number of rotatable bonds is 3. The summed E-state index contributed by atoms with van der Waals surface area (Å²) in [6.45, 7) is 0.650. The molecule has 1 aromatic rings. The SMILES string of the molecule is CN(C1CCCCC1)S(=O)(=O)c1ccc2c(c1)CCO2. The molecule has 0 unspecified atom stereocenters. The third-order valence-electron chi connectivity index (χ3n) is 4.43. The zero-order valence-electron chi connectivity index (χ0n) is 11.8. The van der Waals surface area contributed by atoms with Crippen LogP contribution in [0.25, 0.3) is 0 Å². The lowest BCUT2D eigenvalue weighted by Crippen LogP contribution is -2.38. The van der Waals surface area contributed by atoms with E-state index in [-0.39, 0.29) is 6.04 Å². The van der Waals surface area contributed by atoms with Gasteiger partial charge in [0.15, 0.2) is 0 Å². The summed E-state index contributed by atoms with van der Waals surface area (Å²) in [4.78, 5) is 0.398. The van der Waals surface area contributed by atoms with E-state index in [0.29, 0.717) is 11.5 Å². The molecule has 0 N–H and O–H groups in total. The molecule has 0 atom stereocenters. The zero-order valence-corrected chi connectivity index (χ0v) is 12.7. The average Bonchev–Trinajstić information content (AvgIpc) is 2.94. The maximum atomic E-state index is 12.7. The average molecular weight is 295 g/mol. The van der Waals surface area contributed by atoms with Crippen LogP contribution in [0.3, 0.4) is 0 Å². The summed E-state index contributed by atoms with van der Waals surface area (Å²) in [5.74, 6) is 0.823. The summed E-state index contributed by atoms with van der Waals surface area (Å²) >= 11 is 0. The Morgan fingerprint density at radius 1 is 1.20 bits per heavy atom. The van der Waals surface area contributed by atoms with E-state index in [1.54, 1.807) is 29.6 Å². The first-order valence-corrected chi connectivity index (χ1v) is 8.77. The molecule has 0 saturated heterocycles. The first-order chi connectivity index (χ1) is 9.59. The lowest BCUT2D eigenvalue weighted by atomic mass is 9.96. The standard InChI is InChI=1S/C15H21NO3S/c1-16(13-5-3-2-4-6-13)20(17,18)14-7-8-15-12(11-14)9-10-19-15/h7-8,11,13H,2-6,9-10H2,1H3. The van der Waals surface area contributed by atoms with E-state index in [9.17, 15) is 8.42 Å². The maximum absolute atomic E-state index is 12.7.